The molecule has 3 aromatic rings. The molecule has 0 radical (unpaired) electrons. The van der Waals surface area contributed by atoms with E-state index in [2.05, 4.69) is 4.98 Å². The van der Waals surface area contributed by atoms with Crippen LogP contribution in [-0.2, 0) is 11.3 Å². The quantitative estimate of drug-likeness (QED) is 0.611. The third-order valence-electron chi connectivity index (χ3n) is 5.81. The molecule has 1 aromatic heterocycles. The average Bonchev–Trinajstić information content (AvgIpc) is 3.31. The summed E-state index contributed by atoms with van der Waals surface area (Å²) >= 11 is 0. The van der Waals surface area contributed by atoms with Crippen LogP contribution in [0.4, 0.5) is 0 Å². The number of amides is 1. The van der Waals surface area contributed by atoms with Crippen LogP contribution in [0.25, 0.3) is 10.9 Å². The molecule has 1 aliphatic rings. The first-order valence-electron chi connectivity index (χ1n) is 10.7. The zero-order valence-corrected chi connectivity index (χ0v) is 18.6. The van der Waals surface area contributed by atoms with Gasteiger partial charge in [0.2, 0.25) is 0 Å². The number of fused-ring (bicyclic) bond motifs is 1. The van der Waals surface area contributed by atoms with Crippen LogP contribution in [0.5, 0.6) is 11.5 Å². The Morgan fingerprint density at radius 1 is 1.12 bits per heavy atom. The number of nitrogens with zero attached hydrogens (tertiary/aromatic N) is 1. The van der Waals surface area contributed by atoms with Crippen molar-refractivity contribution in [3.63, 3.8) is 0 Å². The maximum absolute atomic E-state index is 13.5. The van der Waals surface area contributed by atoms with Gasteiger partial charge in [0.15, 0.2) is 11.5 Å². The number of hydrogen-bond acceptors (Lipinski definition) is 5. The summed E-state index contributed by atoms with van der Waals surface area (Å²) in [5.41, 5.74) is 2.67. The van der Waals surface area contributed by atoms with Gasteiger partial charge < -0.3 is 24.1 Å². The van der Waals surface area contributed by atoms with Crippen LogP contribution in [-0.4, -0.2) is 49.3 Å². The minimum atomic E-state index is -0.194. The number of aromatic nitrogens is 1. The van der Waals surface area contributed by atoms with Gasteiger partial charge in [-0.05, 0) is 61.0 Å². The molecular formula is C25H28N2O5. The number of carbonyl (C=O) groups is 1. The number of benzene rings is 2. The van der Waals surface area contributed by atoms with E-state index in [0.29, 0.717) is 35.8 Å². The highest BCUT2D eigenvalue weighted by Gasteiger charge is 2.25. The van der Waals surface area contributed by atoms with E-state index in [-0.39, 0.29) is 24.1 Å². The summed E-state index contributed by atoms with van der Waals surface area (Å²) in [7, 11) is 3.09. The second-order valence-corrected chi connectivity index (χ2v) is 8.10. The summed E-state index contributed by atoms with van der Waals surface area (Å²) in [6.07, 6.45) is 1.82. The summed E-state index contributed by atoms with van der Waals surface area (Å²) in [4.78, 5) is 30.9. The monoisotopic (exact) mass is 436 g/mol. The van der Waals surface area contributed by atoms with Crippen molar-refractivity contribution in [3.05, 3.63) is 69.5 Å². The van der Waals surface area contributed by atoms with Crippen LogP contribution in [0.3, 0.4) is 0 Å². The number of aromatic amines is 1. The van der Waals surface area contributed by atoms with Crippen LogP contribution < -0.4 is 15.0 Å². The Morgan fingerprint density at radius 3 is 2.66 bits per heavy atom. The summed E-state index contributed by atoms with van der Waals surface area (Å²) in [6, 6.07) is 12.9. The molecule has 7 nitrogen and oxygen atoms in total. The van der Waals surface area contributed by atoms with Gasteiger partial charge in [-0.15, -0.1) is 0 Å². The first-order chi connectivity index (χ1) is 15.5. The second-order valence-electron chi connectivity index (χ2n) is 8.10. The maximum Gasteiger partial charge on any atom is 0.254 e. The molecule has 7 heteroatoms. The minimum absolute atomic E-state index is 0.0405. The van der Waals surface area contributed by atoms with Crippen LogP contribution >= 0.6 is 0 Å². The standard InChI is InChI=1S/C25H28N2O5/c1-16-6-7-17-12-19(24(28)26-21(17)11-16)14-27(15-20-5-4-10-32-20)25(29)18-8-9-22(30-2)23(13-18)31-3/h6-9,11-13,20H,4-5,10,14-15H2,1-3H3,(H,26,28). The number of aryl methyl sites for hydroxylation is 1. The molecule has 0 spiro atoms. The molecule has 1 atom stereocenters. The molecule has 2 heterocycles. The van der Waals surface area contributed by atoms with Crippen molar-refractivity contribution >= 4 is 16.8 Å². The number of pyridine rings is 1. The van der Waals surface area contributed by atoms with E-state index in [0.717, 1.165) is 29.3 Å². The predicted molar refractivity (Wildman–Crippen MR) is 123 cm³/mol. The lowest BCUT2D eigenvalue weighted by atomic mass is 10.1. The molecule has 32 heavy (non-hydrogen) atoms. The van der Waals surface area contributed by atoms with Crippen LogP contribution in [0.15, 0.2) is 47.3 Å². The van der Waals surface area contributed by atoms with Gasteiger partial charge in [-0.3, -0.25) is 9.59 Å². The molecule has 2 aromatic carbocycles. The summed E-state index contributed by atoms with van der Waals surface area (Å²) in [5, 5.41) is 0.931. The van der Waals surface area contributed by atoms with Crippen molar-refractivity contribution in [1.29, 1.82) is 0 Å². The Morgan fingerprint density at radius 2 is 1.94 bits per heavy atom. The Kier molecular flexibility index (Phi) is 6.46. The molecule has 1 fully saturated rings. The molecule has 0 bridgehead atoms. The fourth-order valence-electron chi connectivity index (χ4n) is 4.09. The van der Waals surface area contributed by atoms with E-state index in [1.54, 1.807) is 30.2 Å². The van der Waals surface area contributed by atoms with Gasteiger partial charge in [0, 0.05) is 29.8 Å². The Bertz CT molecular complexity index is 1180. The minimum Gasteiger partial charge on any atom is -0.493 e. The zero-order valence-electron chi connectivity index (χ0n) is 18.6. The van der Waals surface area contributed by atoms with Gasteiger partial charge in [-0.1, -0.05) is 12.1 Å². The number of rotatable bonds is 7. The van der Waals surface area contributed by atoms with Gasteiger partial charge in [-0.2, -0.15) is 0 Å². The van der Waals surface area contributed by atoms with E-state index in [1.807, 2.05) is 31.2 Å². The van der Waals surface area contributed by atoms with Crippen LogP contribution in [0.2, 0.25) is 0 Å². The average molecular weight is 437 g/mol. The Labute approximate surface area is 186 Å². The second kappa shape index (κ2) is 9.44. The van der Waals surface area contributed by atoms with E-state index < -0.39 is 0 Å². The third kappa shape index (κ3) is 4.62. The third-order valence-corrected chi connectivity index (χ3v) is 5.81. The molecule has 168 valence electrons. The molecule has 1 aliphatic heterocycles. The van der Waals surface area contributed by atoms with E-state index in [1.165, 1.54) is 7.11 Å². The Balaban J connectivity index is 1.67. The number of nitrogens with one attached hydrogen (secondary N) is 1. The van der Waals surface area contributed by atoms with E-state index in [4.69, 9.17) is 14.2 Å². The smallest absolute Gasteiger partial charge is 0.254 e. The molecule has 1 amide bonds. The fourth-order valence-corrected chi connectivity index (χ4v) is 4.09. The lowest BCUT2D eigenvalue weighted by molar-refractivity contribution is 0.0506. The van der Waals surface area contributed by atoms with Crippen molar-refractivity contribution in [1.82, 2.24) is 9.88 Å². The van der Waals surface area contributed by atoms with E-state index in [9.17, 15) is 9.59 Å². The number of H-pyrrole nitrogens is 1. The predicted octanol–water partition coefficient (Wildman–Crippen LogP) is 3.68. The normalized spacial score (nSPS) is 15.7. The summed E-state index contributed by atoms with van der Waals surface area (Å²) in [5.74, 6) is 0.843. The highest BCUT2D eigenvalue weighted by molar-refractivity contribution is 5.95. The van der Waals surface area contributed by atoms with Crippen LogP contribution in [0, 0.1) is 6.92 Å². The van der Waals surface area contributed by atoms with Gasteiger partial charge >= 0.3 is 0 Å². The van der Waals surface area contributed by atoms with Crippen LogP contribution in [0.1, 0.15) is 34.3 Å². The highest BCUT2D eigenvalue weighted by Crippen LogP contribution is 2.28. The van der Waals surface area contributed by atoms with Crippen molar-refractivity contribution < 1.29 is 19.0 Å². The molecule has 0 aliphatic carbocycles. The first kappa shape index (κ1) is 21.9. The number of ether oxygens (including phenoxy) is 3. The number of hydrogen-bond donors (Lipinski definition) is 1. The van der Waals surface area contributed by atoms with E-state index >= 15 is 0 Å². The number of methoxy groups -OCH3 is 2. The van der Waals surface area contributed by atoms with Gasteiger partial charge in [-0.25, -0.2) is 0 Å². The lowest BCUT2D eigenvalue weighted by Crippen LogP contribution is -2.38. The molecule has 1 saturated heterocycles. The Hall–Kier alpha value is -3.32. The molecule has 1 N–H and O–H groups in total. The van der Waals surface area contributed by atoms with Crippen molar-refractivity contribution in [3.8, 4) is 11.5 Å². The van der Waals surface area contributed by atoms with Crippen molar-refractivity contribution in [2.45, 2.75) is 32.4 Å². The fraction of sp³-hybridized carbons (Fsp3) is 0.360. The zero-order chi connectivity index (χ0) is 22.7. The molecule has 0 saturated carbocycles. The largest absolute Gasteiger partial charge is 0.493 e. The first-order valence-corrected chi connectivity index (χ1v) is 10.7. The molecular weight excluding hydrogens is 408 g/mol. The van der Waals surface area contributed by atoms with Crippen molar-refractivity contribution in [2.24, 2.45) is 0 Å². The molecule has 4 rings (SSSR count). The maximum atomic E-state index is 13.5. The van der Waals surface area contributed by atoms with Crippen molar-refractivity contribution in [2.75, 3.05) is 27.4 Å². The lowest BCUT2D eigenvalue weighted by Gasteiger charge is -2.26. The molecule has 1 unspecified atom stereocenters. The highest BCUT2D eigenvalue weighted by atomic mass is 16.5. The van der Waals surface area contributed by atoms with Gasteiger partial charge in [0.05, 0.1) is 26.9 Å². The van der Waals surface area contributed by atoms with Gasteiger partial charge in [0.1, 0.15) is 0 Å². The summed E-state index contributed by atoms with van der Waals surface area (Å²) in [6.45, 7) is 3.28. The SMILES string of the molecule is COc1ccc(C(=O)N(Cc2cc3ccc(C)cc3[nH]c2=O)CC2CCCO2)cc1OC. The number of carbonyl (C=O) groups excluding carboxylic acids is 1. The summed E-state index contributed by atoms with van der Waals surface area (Å²) < 4.78 is 16.4. The van der Waals surface area contributed by atoms with Gasteiger partial charge in [0.25, 0.3) is 11.5 Å². The topological polar surface area (TPSA) is 80.9 Å².